The van der Waals surface area contributed by atoms with Gasteiger partial charge in [-0.3, -0.25) is 9.59 Å². The molecule has 1 atom stereocenters. The molecule has 1 aliphatic rings. The smallest absolute Gasteiger partial charge is 0.258 e. The van der Waals surface area contributed by atoms with Gasteiger partial charge in [0, 0.05) is 4.88 Å². The summed E-state index contributed by atoms with van der Waals surface area (Å²) in [7, 11) is 0. The fourth-order valence-electron chi connectivity index (χ4n) is 2.65. The van der Waals surface area contributed by atoms with Gasteiger partial charge >= 0.3 is 0 Å². The van der Waals surface area contributed by atoms with E-state index in [1.165, 1.54) is 23.5 Å². The molecule has 2 N–H and O–H groups in total. The van der Waals surface area contributed by atoms with Crippen molar-refractivity contribution in [1.29, 1.82) is 0 Å². The van der Waals surface area contributed by atoms with Crippen molar-refractivity contribution >= 4 is 46.0 Å². The predicted octanol–water partition coefficient (Wildman–Crippen LogP) is 4.41. The molecule has 8 heteroatoms. The molecule has 1 aromatic carbocycles. The fourth-order valence-corrected chi connectivity index (χ4v) is 3.63. The standard InChI is InChI=1S/C19H18ClFN2O3S/c1-10-15(14-5-4-8-27-14)16(24)23-18(26-10)19(2,3)17(25)22-13-9-11(21)6-7-12(13)20/h4-9,18H,1-3H3,(H,22,25)(H,23,24). The van der Waals surface area contributed by atoms with E-state index in [0.717, 1.165) is 10.9 Å². The van der Waals surface area contributed by atoms with Gasteiger partial charge in [0.25, 0.3) is 5.91 Å². The first-order chi connectivity index (χ1) is 12.7. The highest BCUT2D eigenvalue weighted by atomic mass is 35.5. The van der Waals surface area contributed by atoms with E-state index in [9.17, 15) is 14.0 Å². The Bertz CT molecular complexity index is 925. The molecule has 2 aromatic rings. The van der Waals surface area contributed by atoms with E-state index in [1.807, 2.05) is 17.5 Å². The lowest BCUT2D eigenvalue weighted by Gasteiger charge is -2.37. The van der Waals surface area contributed by atoms with E-state index in [0.29, 0.717) is 11.3 Å². The van der Waals surface area contributed by atoms with Crippen molar-refractivity contribution in [3.8, 4) is 0 Å². The largest absolute Gasteiger partial charge is 0.473 e. The van der Waals surface area contributed by atoms with E-state index in [-0.39, 0.29) is 16.6 Å². The second-order valence-electron chi connectivity index (χ2n) is 6.68. The van der Waals surface area contributed by atoms with Crippen molar-refractivity contribution in [2.24, 2.45) is 5.41 Å². The topological polar surface area (TPSA) is 67.4 Å². The summed E-state index contributed by atoms with van der Waals surface area (Å²) in [5.74, 6) is -0.853. The average molecular weight is 409 g/mol. The Balaban J connectivity index is 1.82. The van der Waals surface area contributed by atoms with Crippen LogP contribution in [0, 0.1) is 11.2 Å². The average Bonchev–Trinajstić information content (AvgIpc) is 3.11. The number of carbonyl (C=O) groups is 2. The van der Waals surface area contributed by atoms with Crippen LogP contribution in [0.4, 0.5) is 10.1 Å². The monoisotopic (exact) mass is 408 g/mol. The number of thiophene rings is 1. The maximum atomic E-state index is 13.4. The first kappa shape index (κ1) is 19.4. The zero-order valence-electron chi connectivity index (χ0n) is 14.9. The third kappa shape index (κ3) is 3.84. The van der Waals surface area contributed by atoms with Crippen LogP contribution >= 0.6 is 22.9 Å². The van der Waals surface area contributed by atoms with Crippen LogP contribution in [0.2, 0.25) is 5.02 Å². The Hall–Kier alpha value is -2.38. The normalized spacial score (nSPS) is 17.4. The van der Waals surface area contributed by atoms with E-state index in [1.54, 1.807) is 20.8 Å². The van der Waals surface area contributed by atoms with Crippen LogP contribution in [0.3, 0.4) is 0 Å². The highest BCUT2D eigenvalue weighted by molar-refractivity contribution is 7.11. The molecule has 0 spiro atoms. The lowest BCUT2D eigenvalue weighted by Crippen LogP contribution is -2.54. The molecule has 1 unspecified atom stereocenters. The number of allylic oxidation sites excluding steroid dienone is 1. The summed E-state index contributed by atoms with van der Waals surface area (Å²) in [6.45, 7) is 4.95. The zero-order valence-corrected chi connectivity index (χ0v) is 16.5. The van der Waals surface area contributed by atoms with Gasteiger partial charge in [-0.05, 0) is 50.4 Å². The minimum absolute atomic E-state index is 0.156. The predicted molar refractivity (Wildman–Crippen MR) is 104 cm³/mol. The summed E-state index contributed by atoms with van der Waals surface area (Å²) in [6.07, 6.45) is -0.888. The van der Waals surface area contributed by atoms with Gasteiger partial charge in [-0.25, -0.2) is 4.39 Å². The van der Waals surface area contributed by atoms with Crippen LogP contribution < -0.4 is 10.6 Å². The zero-order chi connectivity index (χ0) is 19.8. The lowest BCUT2D eigenvalue weighted by atomic mass is 9.88. The van der Waals surface area contributed by atoms with Gasteiger partial charge in [0.2, 0.25) is 5.91 Å². The quantitative estimate of drug-likeness (QED) is 0.787. The van der Waals surface area contributed by atoms with Crippen LogP contribution in [0.15, 0.2) is 41.5 Å². The number of ether oxygens (including phenoxy) is 1. The molecule has 2 heterocycles. The Morgan fingerprint density at radius 2 is 2.11 bits per heavy atom. The molecule has 142 valence electrons. The number of hydrogen-bond donors (Lipinski definition) is 2. The third-order valence-corrected chi connectivity index (χ3v) is 5.54. The maximum absolute atomic E-state index is 13.4. The molecular formula is C19H18ClFN2O3S. The highest BCUT2D eigenvalue weighted by Gasteiger charge is 2.43. The molecule has 2 amide bonds. The molecule has 1 aliphatic heterocycles. The molecular weight excluding hydrogens is 391 g/mol. The van der Waals surface area contributed by atoms with Crippen LogP contribution in [-0.2, 0) is 14.3 Å². The first-order valence-electron chi connectivity index (χ1n) is 8.19. The number of rotatable bonds is 4. The summed E-state index contributed by atoms with van der Waals surface area (Å²) in [4.78, 5) is 26.2. The molecule has 0 bridgehead atoms. The number of carbonyl (C=O) groups excluding carboxylic acids is 2. The Labute approximate surface area is 165 Å². The van der Waals surface area contributed by atoms with Crippen molar-refractivity contribution in [2.75, 3.05) is 5.32 Å². The molecule has 5 nitrogen and oxygen atoms in total. The Kier molecular flexibility index (Phi) is 5.26. The second kappa shape index (κ2) is 7.32. The summed E-state index contributed by atoms with van der Waals surface area (Å²) in [5, 5.41) is 7.42. The van der Waals surface area contributed by atoms with Crippen molar-refractivity contribution < 1.29 is 18.7 Å². The molecule has 0 aliphatic carbocycles. The maximum Gasteiger partial charge on any atom is 0.258 e. The van der Waals surface area contributed by atoms with Crippen molar-refractivity contribution in [2.45, 2.75) is 27.0 Å². The number of amides is 2. The summed E-state index contributed by atoms with van der Waals surface area (Å²) >= 11 is 7.44. The van der Waals surface area contributed by atoms with Crippen LogP contribution in [0.1, 0.15) is 25.6 Å². The summed E-state index contributed by atoms with van der Waals surface area (Å²) in [5.41, 5.74) is -0.540. The van der Waals surface area contributed by atoms with Crippen molar-refractivity contribution in [3.63, 3.8) is 0 Å². The number of benzene rings is 1. The van der Waals surface area contributed by atoms with Crippen LogP contribution in [0.25, 0.3) is 5.57 Å². The minimum atomic E-state index is -1.15. The van der Waals surface area contributed by atoms with Gasteiger partial charge in [-0.2, -0.15) is 0 Å². The molecule has 0 saturated heterocycles. The highest BCUT2D eigenvalue weighted by Crippen LogP contribution is 2.34. The second-order valence-corrected chi connectivity index (χ2v) is 8.03. The van der Waals surface area contributed by atoms with Crippen LogP contribution in [-0.4, -0.2) is 18.0 Å². The van der Waals surface area contributed by atoms with Crippen LogP contribution in [0.5, 0.6) is 0 Å². The number of hydrogen-bond acceptors (Lipinski definition) is 4. The first-order valence-corrected chi connectivity index (χ1v) is 9.44. The van der Waals surface area contributed by atoms with Crippen molar-refractivity contribution in [1.82, 2.24) is 5.32 Å². The van der Waals surface area contributed by atoms with E-state index in [4.69, 9.17) is 16.3 Å². The van der Waals surface area contributed by atoms with Gasteiger partial charge in [0.1, 0.15) is 11.6 Å². The summed E-state index contributed by atoms with van der Waals surface area (Å²) < 4.78 is 19.3. The summed E-state index contributed by atoms with van der Waals surface area (Å²) in [6, 6.07) is 7.37. The molecule has 27 heavy (non-hydrogen) atoms. The van der Waals surface area contributed by atoms with Gasteiger partial charge in [0.05, 0.1) is 21.7 Å². The van der Waals surface area contributed by atoms with Gasteiger partial charge < -0.3 is 15.4 Å². The van der Waals surface area contributed by atoms with E-state index < -0.39 is 23.4 Å². The van der Waals surface area contributed by atoms with Gasteiger partial charge in [-0.15, -0.1) is 11.3 Å². The SMILES string of the molecule is CC1=C(c2cccs2)C(=O)NC(C(C)(C)C(=O)Nc2cc(F)ccc2Cl)O1. The third-order valence-electron chi connectivity index (χ3n) is 4.32. The minimum Gasteiger partial charge on any atom is -0.473 e. The number of halogens is 2. The van der Waals surface area contributed by atoms with Gasteiger partial charge in [-0.1, -0.05) is 17.7 Å². The number of anilines is 1. The fraction of sp³-hybridized carbons (Fsp3) is 0.263. The molecule has 3 rings (SSSR count). The van der Waals surface area contributed by atoms with E-state index >= 15 is 0 Å². The van der Waals surface area contributed by atoms with E-state index in [2.05, 4.69) is 10.6 Å². The van der Waals surface area contributed by atoms with Crippen molar-refractivity contribution in [3.05, 3.63) is 57.2 Å². The molecule has 1 aromatic heterocycles. The molecule has 0 fully saturated rings. The molecule has 0 radical (unpaired) electrons. The molecule has 0 saturated carbocycles. The van der Waals surface area contributed by atoms with Gasteiger partial charge in [0.15, 0.2) is 6.23 Å². The Morgan fingerprint density at radius 1 is 1.37 bits per heavy atom. The Morgan fingerprint density at radius 3 is 2.74 bits per heavy atom. The lowest BCUT2D eigenvalue weighted by molar-refractivity contribution is -0.137. The number of nitrogens with one attached hydrogen (secondary N) is 2.